The van der Waals surface area contributed by atoms with E-state index in [-0.39, 0.29) is 0 Å². The number of nitrogens with zero attached hydrogens (tertiary/aromatic N) is 2. The van der Waals surface area contributed by atoms with Crippen LogP contribution in [0.5, 0.6) is 11.8 Å². The molecule has 0 bridgehead atoms. The van der Waals surface area contributed by atoms with Crippen LogP contribution < -0.4 is 9.31 Å². The lowest BCUT2D eigenvalue weighted by Gasteiger charge is -2.01. The fourth-order valence-electron chi connectivity index (χ4n) is 2.17. The lowest BCUT2D eigenvalue weighted by atomic mass is 10.2. The summed E-state index contributed by atoms with van der Waals surface area (Å²) in [7, 11) is 1.23. The summed E-state index contributed by atoms with van der Waals surface area (Å²) in [6.45, 7) is 0. The monoisotopic (exact) mass is 277 g/mol. The summed E-state index contributed by atoms with van der Waals surface area (Å²) >= 11 is 0. The molecule has 4 rings (SSSR count). The molecule has 4 aromatic rings. The molecule has 0 aliphatic carbocycles. The third-order valence-electron chi connectivity index (χ3n) is 3.19. The normalized spacial score (nSPS) is 10.9. The predicted octanol–water partition coefficient (Wildman–Crippen LogP) is 2.43. The Hall–Kier alpha value is -2.96. The number of hydrogen-bond donors (Lipinski definition) is 2. The molecule has 21 heavy (non-hydrogen) atoms. The first-order valence-corrected chi connectivity index (χ1v) is 6.43. The number of aromatic nitrogens is 4. The molecule has 0 fully saturated rings. The summed E-state index contributed by atoms with van der Waals surface area (Å²) in [6.07, 6.45) is 0. The Labute approximate surface area is 120 Å². The molecule has 0 saturated heterocycles. The van der Waals surface area contributed by atoms with Gasteiger partial charge in [0.1, 0.15) is 0 Å². The van der Waals surface area contributed by atoms with Gasteiger partial charge < -0.3 is 9.31 Å². The molecule has 0 saturated carbocycles. The number of hydrogen-bond acceptors (Lipinski definition) is 4. The molecular weight excluding hydrogens is 267 g/mol. The van der Waals surface area contributed by atoms with Crippen LogP contribution in [0.1, 0.15) is 0 Å². The van der Waals surface area contributed by atoms with Crippen LogP contribution >= 0.6 is 0 Å². The summed E-state index contributed by atoms with van der Waals surface area (Å²) in [5.74, 6) is 0.927. The van der Waals surface area contributed by atoms with Crippen molar-refractivity contribution >= 4 is 29.5 Å². The fraction of sp³-hybridized carbons (Fsp3) is 0. The van der Waals surface area contributed by atoms with Crippen LogP contribution in [0.2, 0.25) is 0 Å². The smallest absolute Gasteiger partial charge is 0.511 e. The van der Waals surface area contributed by atoms with Gasteiger partial charge >= 0.3 is 7.69 Å². The number of para-hydroxylation sites is 2. The van der Waals surface area contributed by atoms with Gasteiger partial charge in [0.25, 0.3) is 0 Å². The number of fused-ring (bicyclic) bond motifs is 2. The molecule has 0 aliphatic heterocycles. The van der Waals surface area contributed by atoms with Gasteiger partial charge in [-0.15, -0.1) is 10.2 Å². The van der Waals surface area contributed by atoms with Crippen molar-refractivity contribution in [2.75, 3.05) is 0 Å². The van der Waals surface area contributed by atoms with E-state index in [4.69, 9.17) is 9.31 Å². The number of aromatic amines is 2. The van der Waals surface area contributed by atoms with Crippen molar-refractivity contribution in [3.8, 4) is 11.8 Å². The number of benzene rings is 2. The average Bonchev–Trinajstić information content (AvgIpc) is 3.13. The van der Waals surface area contributed by atoms with E-state index in [1.807, 2.05) is 48.5 Å². The molecule has 0 unspecified atom stereocenters. The summed E-state index contributed by atoms with van der Waals surface area (Å²) < 4.78 is 10.9. The Kier molecular flexibility index (Phi) is 2.74. The van der Waals surface area contributed by atoms with Crippen molar-refractivity contribution < 1.29 is 9.31 Å². The van der Waals surface area contributed by atoms with Crippen molar-refractivity contribution in [2.24, 2.45) is 0 Å². The van der Waals surface area contributed by atoms with Crippen molar-refractivity contribution in [3.63, 3.8) is 0 Å². The van der Waals surface area contributed by atoms with Crippen LogP contribution in [0.4, 0.5) is 0 Å². The summed E-state index contributed by atoms with van der Waals surface area (Å²) in [4.78, 5) is 0. The van der Waals surface area contributed by atoms with Crippen molar-refractivity contribution in [3.05, 3.63) is 48.5 Å². The zero-order valence-electron chi connectivity index (χ0n) is 10.9. The van der Waals surface area contributed by atoms with Gasteiger partial charge in [-0.05, 0) is 24.3 Å². The van der Waals surface area contributed by atoms with E-state index in [1.165, 1.54) is 7.69 Å². The van der Waals surface area contributed by atoms with Gasteiger partial charge in [-0.25, -0.2) is 0 Å². The Morgan fingerprint density at radius 1 is 0.714 bits per heavy atom. The molecule has 0 aliphatic rings. The zero-order valence-corrected chi connectivity index (χ0v) is 10.9. The molecule has 1 radical (unpaired) electrons. The van der Waals surface area contributed by atoms with Crippen molar-refractivity contribution in [1.29, 1.82) is 0 Å². The highest BCUT2D eigenvalue weighted by Crippen LogP contribution is 2.23. The lowest BCUT2D eigenvalue weighted by molar-refractivity contribution is 0.442. The molecule has 0 atom stereocenters. The molecule has 101 valence electrons. The van der Waals surface area contributed by atoms with Gasteiger partial charge in [0.2, 0.25) is 11.8 Å². The van der Waals surface area contributed by atoms with E-state index in [9.17, 15) is 0 Å². The molecule has 2 N–H and O–H groups in total. The molecule has 6 nitrogen and oxygen atoms in total. The predicted molar refractivity (Wildman–Crippen MR) is 79.2 cm³/mol. The molecule has 2 aromatic heterocycles. The summed E-state index contributed by atoms with van der Waals surface area (Å²) in [6, 6.07) is 15.4. The third-order valence-corrected chi connectivity index (χ3v) is 3.19. The van der Waals surface area contributed by atoms with Gasteiger partial charge in [0, 0.05) is 0 Å². The minimum atomic E-state index is 0.463. The first kappa shape index (κ1) is 11.8. The number of nitrogens with one attached hydrogen (secondary N) is 2. The first-order chi connectivity index (χ1) is 10.4. The third kappa shape index (κ3) is 2.08. The van der Waals surface area contributed by atoms with E-state index in [2.05, 4.69) is 20.4 Å². The second-order valence-corrected chi connectivity index (χ2v) is 4.48. The second kappa shape index (κ2) is 4.86. The molecule has 0 amide bonds. The van der Waals surface area contributed by atoms with Gasteiger partial charge in [-0.2, -0.15) is 0 Å². The summed E-state index contributed by atoms with van der Waals surface area (Å²) in [5, 5.41) is 15.7. The highest BCUT2D eigenvalue weighted by atomic mass is 16.6. The quantitative estimate of drug-likeness (QED) is 0.562. The highest BCUT2D eigenvalue weighted by molar-refractivity contribution is 6.21. The van der Waals surface area contributed by atoms with Crippen molar-refractivity contribution in [2.45, 2.75) is 0 Å². The summed E-state index contributed by atoms with van der Waals surface area (Å²) in [5.41, 5.74) is 1.82. The van der Waals surface area contributed by atoms with Crippen LogP contribution in [0.15, 0.2) is 48.5 Å². The Balaban J connectivity index is 1.50. The molecule has 0 spiro atoms. The maximum atomic E-state index is 5.44. The van der Waals surface area contributed by atoms with Crippen molar-refractivity contribution in [1.82, 2.24) is 20.4 Å². The number of H-pyrrole nitrogens is 2. The SMILES string of the molecule is [B](Oc1n[nH]c2ccccc12)Oc1n[nH]c2ccccc12. The maximum absolute atomic E-state index is 5.44. The van der Waals surface area contributed by atoms with Crippen LogP contribution in [-0.2, 0) is 0 Å². The first-order valence-electron chi connectivity index (χ1n) is 6.43. The maximum Gasteiger partial charge on any atom is 0.660 e. The van der Waals surface area contributed by atoms with E-state index in [0.717, 1.165) is 21.8 Å². The van der Waals surface area contributed by atoms with Crippen LogP contribution in [0.3, 0.4) is 0 Å². The van der Waals surface area contributed by atoms with Gasteiger partial charge in [0.15, 0.2) is 0 Å². The Bertz CT molecular complexity index is 828. The fourth-order valence-corrected chi connectivity index (χ4v) is 2.17. The van der Waals surface area contributed by atoms with Crippen LogP contribution in [0.25, 0.3) is 21.8 Å². The molecule has 7 heteroatoms. The standard InChI is InChI=1S/C14H10BN4O2/c1-3-7-11-9(5-1)13(18-16-11)20-15-21-14-10-6-2-4-8-12(10)17-19-14/h1-8H,(H,16,18)(H,17,19). The molecular formula is C14H10BN4O2. The zero-order chi connectivity index (χ0) is 14.1. The Morgan fingerprint density at radius 3 is 1.71 bits per heavy atom. The van der Waals surface area contributed by atoms with Gasteiger partial charge in [-0.3, -0.25) is 10.2 Å². The van der Waals surface area contributed by atoms with E-state index in [0.29, 0.717) is 11.8 Å². The largest absolute Gasteiger partial charge is 0.660 e. The van der Waals surface area contributed by atoms with Gasteiger partial charge in [-0.1, -0.05) is 24.3 Å². The number of rotatable bonds is 4. The van der Waals surface area contributed by atoms with Crippen LogP contribution in [-0.4, -0.2) is 28.1 Å². The lowest BCUT2D eigenvalue weighted by Crippen LogP contribution is -2.11. The second-order valence-electron chi connectivity index (χ2n) is 4.48. The van der Waals surface area contributed by atoms with E-state index >= 15 is 0 Å². The Morgan fingerprint density at radius 2 is 1.19 bits per heavy atom. The molecule has 2 aromatic carbocycles. The average molecular weight is 277 g/mol. The highest BCUT2D eigenvalue weighted by Gasteiger charge is 2.11. The minimum absolute atomic E-state index is 0.463. The topological polar surface area (TPSA) is 75.8 Å². The minimum Gasteiger partial charge on any atom is -0.511 e. The molecule has 2 heterocycles. The van der Waals surface area contributed by atoms with Gasteiger partial charge in [0.05, 0.1) is 21.8 Å². The van der Waals surface area contributed by atoms with Crippen LogP contribution in [0, 0.1) is 0 Å². The van der Waals surface area contributed by atoms with E-state index < -0.39 is 0 Å². The van der Waals surface area contributed by atoms with E-state index in [1.54, 1.807) is 0 Å².